The molecule has 0 N–H and O–H groups in total. The first-order valence-electron chi connectivity index (χ1n) is 16.2. The molecule has 18 nitrogen and oxygen atoms in total. The van der Waals surface area contributed by atoms with Gasteiger partial charge in [-0.2, -0.15) is 0 Å². The predicted octanol–water partition coefficient (Wildman–Crippen LogP) is 0.626. The molecule has 0 bridgehead atoms. The van der Waals surface area contributed by atoms with Crippen molar-refractivity contribution in [2.24, 2.45) is 0 Å². The molecule has 0 spiro atoms. The smallest absolute Gasteiger partial charge is 0.303 e. The summed E-state index contributed by atoms with van der Waals surface area (Å²) in [6.07, 6.45) is -9.92. The molecular formula is C34H42O18S2. The zero-order valence-corrected chi connectivity index (χ0v) is 32.4. The molecule has 0 aromatic heterocycles. The summed E-state index contributed by atoms with van der Waals surface area (Å²) in [5.74, 6) is 5.23. The first kappa shape index (κ1) is 45.7. The van der Waals surface area contributed by atoms with E-state index in [1.165, 1.54) is 13.8 Å². The van der Waals surface area contributed by atoms with E-state index in [-0.39, 0.29) is 24.7 Å². The van der Waals surface area contributed by atoms with Crippen LogP contribution in [0.3, 0.4) is 0 Å². The van der Waals surface area contributed by atoms with Gasteiger partial charge in [-0.05, 0) is 11.8 Å². The van der Waals surface area contributed by atoms with Crippen LogP contribution < -0.4 is 0 Å². The molecule has 0 aliphatic carbocycles. The molecule has 0 aromatic rings. The summed E-state index contributed by atoms with van der Waals surface area (Å²) in [6, 6.07) is 0. The normalized spacial score (nSPS) is 27.1. The lowest BCUT2D eigenvalue weighted by Crippen LogP contribution is -2.61. The highest BCUT2D eigenvalue weighted by atomic mass is 32.2. The largest absolute Gasteiger partial charge is 0.463 e. The Morgan fingerprint density at radius 3 is 0.981 bits per heavy atom. The van der Waals surface area contributed by atoms with E-state index in [0.717, 1.165) is 65.1 Å². The number of ether oxygens (including phenoxy) is 10. The molecule has 2 heterocycles. The first-order valence-corrected chi connectivity index (χ1v) is 18.3. The number of hydrogen-bond donors (Lipinski definition) is 0. The second-order valence-electron chi connectivity index (χ2n) is 11.4. The maximum absolute atomic E-state index is 12.0. The third-order valence-electron chi connectivity index (χ3n) is 6.78. The maximum Gasteiger partial charge on any atom is 0.303 e. The van der Waals surface area contributed by atoms with Crippen LogP contribution in [-0.2, 0) is 85.7 Å². The van der Waals surface area contributed by atoms with E-state index in [1.54, 1.807) is 0 Å². The molecule has 0 amide bonds. The monoisotopic (exact) mass is 802 g/mol. The van der Waals surface area contributed by atoms with Crippen LogP contribution in [0, 0.1) is 23.7 Å². The lowest BCUT2D eigenvalue weighted by atomic mass is 9.99. The zero-order valence-electron chi connectivity index (χ0n) is 30.8. The molecule has 0 radical (unpaired) electrons. The fraction of sp³-hybridized carbons (Fsp3) is 0.647. The molecule has 2 aliphatic rings. The van der Waals surface area contributed by atoms with E-state index < -0.39 is 107 Å². The van der Waals surface area contributed by atoms with Crippen LogP contribution >= 0.6 is 23.5 Å². The van der Waals surface area contributed by atoms with Crippen molar-refractivity contribution in [2.75, 3.05) is 24.7 Å². The van der Waals surface area contributed by atoms with Crippen LogP contribution in [0.5, 0.6) is 0 Å². The molecule has 2 saturated heterocycles. The van der Waals surface area contributed by atoms with Crippen molar-refractivity contribution in [3.05, 3.63) is 0 Å². The molecule has 0 saturated carbocycles. The number of carbonyl (C=O) groups excluding carboxylic acids is 8. The molecule has 2 fully saturated rings. The van der Waals surface area contributed by atoms with Crippen LogP contribution in [0.1, 0.15) is 55.4 Å². The molecule has 10 atom stereocenters. The van der Waals surface area contributed by atoms with Gasteiger partial charge < -0.3 is 47.4 Å². The van der Waals surface area contributed by atoms with Gasteiger partial charge in [-0.3, -0.25) is 38.4 Å². The highest BCUT2D eigenvalue weighted by Crippen LogP contribution is 2.35. The fourth-order valence-electron chi connectivity index (χ4n) is 5.05. The van der Waals surface area contributed by atoms with Gasteiger partial charge in [0.2, 0.25) is 0 Å². The molecule has 298 valence electrons. The van der Waals surface area contributed by atoms with Gasteiger partial charge in [0.1, 0.15) is 36.3 Å². The van der Waals surface area contributed by atoms with E-state index in [2.05, 4.69) is 23.7 Å². The standard InChI is InChI=1S/C34H42O18S2/c1-17(35)43-15-25-27(45-19(3)37)29(47-21(5)39)31(49-23(7)41)33(51-25)53-13-11-9-10-12-14-54-34-32(50-24(8)42)30(48-22(6)40)28(46-20(4)38)26(52-34)16-44-18(2)36/h25-34H,13-16H2,1-8H3/t25-,26-,27-,28-,29+,30+,31+,32+,33-,34-/m1/s1. The summed E-state index contributed by atoms with van der Waals surface area (Å²) >= 11 is 2.09. The zero-order chi connectivity index (χ0) is 40.5. The molecule has 0 aromatic carbocycles. The van der Waals surface area contributed by atoms with Gasteiger partial charge in [-0.15, -0.1) is 23.5 Å². The Labute approximate surface area is 319 Å². The van der Waals surface area contributed by atoms with Crippen molar-refractivity contribution in [3.63, 3.8) is 0 Å². The number of rotatable bonds is 14. The minimum absolute atomic E-state index is 0.0508. The van der Waals surface area contributed by atoms with Crippen molar-refractivity contribution in [2.45, 2.75) is 115 Å². The molecule has 2 rings (SSSR count). The summed E-state index contributed by atoms with van der Waals surface area (Å²) in [5, 5.41) is 0. The van der Waals surface area contributed by atoms with Crippen LogP contribution in [-0.4, -0.2) is 132 Å². The number of carbonyl (C=O) groups is 8. The average Bonchev–Trinajstić information content (AvgIpc) is 3.04. The van der Waals surface area contributed by atoms with E-state index in [9.17, 15) is 38.4 Å². The van der Waals surface area contributed by atoms with Crippen molar-refractivity contribution < 1.29 is 85.7 Å². The topological polar surface area (TPSA) is 229 Å². The molecular weight excluding hydrogens is 760 g/mol. The SMILES string of the molecule is CC(=O)OC[C@H]1O[C@H](SCC#CC#CCS[C@H]2O[C@H](COC(C)=O)[C@@H](OC(C)=O)[C@H](OC(C)=O)[C@@H]2OC(C)=O)[C@@H](OC(C)=O)[C@@H](OC(C)=O)[C@@H]1OC(C)=O. The lowest BCUT2D eigenvalue weighted by molar-refractivity contribution is -0.237. The summed E-state index contributed by atoms with van der Waals surface area (Å²) in [4.78, 5) is 95.0. The Morgan fingerprint density at radius 2 is 0.704 bits per heavy atom. The van der Waals surface area contributed by atoms with Gasteiger partial charge in [0.05, 0.1) is 11.5 Å². The van der Waals surface area contributed by atoms with Crippen LogP contribution in [0.2, 0.25) is 0 Å². The summed E-state index contributed by atoms with van der Waals surface area (Å²) < 4.78 is 54.6. The van der Waals surface area contributed by atoms with Crippen molar-refractivity contribution >= 4 is 71.3 Å². The van der Waals surface area contributed by atoms with Gasteiger partial charge in [0, 0.05) is 55.4 Å². The number of hydrogen-bond acceptors (Lipinski definition) is 20. The molecule has 20 heteroatoms. The minimum atomic E-state index is -1.32. The Morgan fingerprint density at radius 1 is 0.426 bits per heavy atom. The second kappa shape index (κ2) is 22.7. The minimum Gasteiger partial charge on any atom is -0.463 e. The number of esters is 8. The van der Waals surface area contributed by atoms with Crippen LogP contribution in [0.25, 0.3) is 0 Å². The van der Waals surface area contributed by atoms with Crippen LogP contribution in [0.15, 0.2) is 0 Å². The predicted molar refractivity (Wildman–Crippen MR) is 184 cm³/mol. The highest BCUT2D eigenvalue weighted by molar-refractivity contribution is 8.00. The quantitative estimate of drug-likeness (QED) is 0.133. The lowest BCUT2D eigenvalue weighted by Gasteiger charge is -2.44. The van der Waals surface area contributed by atoms with E-state index in [4.69, 9.17) is 47.4 Å². The summed E-state index contributed by atoms with van der Waals surface area (Å²) in [5.41, 5.74) is -2.04. The average molecular weight is 803 g/mol. The Balaban J connectivity index is 2.24. The fourth-order valence-corrected chi connectivity index (χ4v) is 6.94. The molecule has 0 unspecified atom stereocenters. The third kappa shape index (κ3) is 15.8. The highest BCUT2D eigenvalue weighted by Gasteiger charge is 2.53. The molecule has 54 heavy (non-hydrogen) atoms. The molecule has 2 aliphatic heterocycles. The Bertz CT molecular complexity index is 1410. The van der Waals surface area contributed by atoms with E-state index in [1.807, 2.05) is 0 Å². The van der Waals surface area contributed by atoms with Crippen LogP contribution in [0.4, 0.5) is 0 Å². The van der Waals surface area contributed by atoms with Gasteiger partial charge in [0.25, 0.3) is 0 Å². The van der Waals surface area contributed by atoms with Gasteiger partial charge in [-0.1, -0.05) is 11.8 Å². The first-order chi connectivity index (χ1) is 25.4. The number of thioether (sulfide) groups is 2. The second-order valence-corrected chi connectivity index (χ2v) is 13.5. The van der Waals surface area contributed by atoms with Crippen molar-refractivity contribution in [3.8, 4) is 23.7 Å². The van der Waals surface area contributed by atoms with Crippen molar-refractivity contribution in [1.82, 2.24) is 0 Å². The van der Waals surface area contributed by atoms with Crippen molar-refractivity contribution in [1.29, 1.82) is 0 Å². The Kier molecular flexibility index (Phi) is 19.2. The van der Waals surface area contributed by atoms with Gasteiger partial charge in [0.15, 0.2) is 36.6 Å². The summed E-state index contributed by atoms with van der Waals surface area (Å²) in [6.45, 7) is 8.33. The maximum atomic E-state index is 12.0. The third-order valence-corrected chi connectivity index (χ3v) is 8.81. The summed E-state index contributed by atoms with van der Waals surface area (Å²) in [7, 11) is 0. The van der Waals surface area contributed by atoms with Gasteiger partial charge >= 0.3 is 47.8 Å². The van der Waals surface area contributed by atoms with E-state index in [0.29, 0.717) is 0 Å². The van der Waals surface area contributed by atoms with Gasteiger partial charge in [-0.25, -0.2) is 0 Å². The van der Waals surface area contributed by atoms with E-state index >= 15 is 0 Å². The Hall–Kier alpha value is -4.50.